The van der Waals surface area contributed by atoms with Crippen molar-refractivity contribution in [3.63, 3.8) is 0 Å². The molecule has 0 saturated heterocycles. The fourth-order valence-corrected chi connectivity index (χ4v) is 14.5. The number of hydrogen-bond donors (Lipinski definition) is 0. The van der Waals surface area contributed by atoms with Crippen molar-refractivity contribution in [3.05, 3.63) is 159 Å². The van der Waals surface area contributed by atoms with Gasteiger partial charge in [0.2, 0.25) is 0 Å². The van der Waals surface area contributed by atoms with Crippen LogP contribution in [-0.4, -0.2) is 17.0 Å². The van der Waals surface area contributed by atoms with E-state index >= 15 is 0 Å². The van der Waals surface area contributed by atoms with Crippen LogP contribution in [0.5, 0.6) is 0 Å². The van der Waals surface area contributed by atoms with Gasteiger partial charge in [0.05, 0.1) is 0 Å². The second kappa shape index (κ2) is 19.3. The first-order chi connectivity index (χ1) is 22.3. The Kier molecular flexibility index (Phi) is 15.2. The summed E-state index contributed by atoms with van der Waals surface area (Å²) in [5.41, 5.74) is 5.60. The third kappa shape index (κ3) is 9.59. The van der Waals surface area contributed by atoms with E-state index in [9.17, 15) is 0 Å². The Morgan fingerprint density at radius 3 is 1.57 bits per heavy atom. The van der Waals surface area contributed by atoms with Crippen LogP contribution in [0.25, 0.3) is 0 Å². The van der Waals surface area contributed by atoms with Gasteiger partial charge in [-0.2, -0.15) is 0 Å². The van der Waals surface area contributed by atoms with E-state index < -0.39 is 7.92 Å². The second-order valence-electron chi connectivity index (χ2n) is 13.0. The van der Waals surface area contributed by atoms with Gasteiger partial charge in [-0.05, 0) is 130 Å². The number of rotatable bonds is 9. The molecule has 3 aromatic rings. The summed E-state index contributed by atoms with van der Waals surface area (Å²) in [6.07, 6.45) is 33.1. The molecule has 0 aromatic heterocycles. The van der Waals surface area contributed by atoms with E-state index in [1.165, 1.54) is 91.9 Å². The van der Waals surface area contributed by atoms with Gasteiger partial charge < -0.3 is 0 Å². The van der Waals surface area contributed by atoms with E-state index in [0.29, 0.717) is 5.66 Å². The van der Waals surface area contributed by atoms with Gasteiger partial charge in [0.15, 0.2) is 0 Å². The van der Waals surface area contributed by atoms with Gasteiger partial charge in [-0.3, -0.25) is 0 Å². The Hall–Kier alpha value is -0.961. The predicted molar refractivity (Wildman–Crippen MR) is 199 cm³/mol. The van der Waals surface area contributed by atoms with Crippen molar-refractivity contribution in [2.45, 2.75) is 94.3 Å². The van der Waals surface area contributed by atoms with Crippen LogP contribution in [0, 0.1) is 63.2 Å². The van der Waals surface area contributed by atoms with Crippen molar-refractivity contribution in [2.75, 3.05) is 0 Å². The van der Waals surface area contributed by atoms with Crippen molar-refractivity contribution in [1.82, 2.24) is 0 Å². The summed E-state index contributed by atoms with van der Waals surface area (Å²) >= 11 is 0. The van der Waals surface area contributed by atoms with E-state index in [1.807, 2.05) is 32.1 Å². The Bertz CT molecular complexity index is 1180. The Balaban J connectivity index is 0.000000635. The molecule has 3 heteroatoms. The van der Waals surface area contributed by atoms with E-state index in [0.717, 1.165) is 17.5 Å². The van der Waals surface area contributed by atoms with Gasteiger partial charge >= 0.3 is 17.1 Å². The number of hydrogen-bond acceptors (Lipinski definition) is 0. The average Bonchev–Trinajstić information content (AvgIpc) is 3.86. The van der Waals surface area contributed by atoms with Crippen molar-refractivity contribution in [1.29, 1.82) is 0 Å². The zero-order valence-corrected chi connectivity index (χ0v) is 30.4. The first kappa shape index (κ1) is 36.3. The zero-order chi connectivity index (χ0) is 30.7. The molecule has 0 aliphatic heterocycles. The van der Waals surface area contributed by atoms with Crippen molar-refractivity contribution < 1.29 is 17.1 Å². The standard InChI is InChI=1S/C38H45P2.C5H5.Fe/c1-30(40(34-22-10-4-11-23-34)35-24-12-5-13-25-35)36-27-16-28-38(36)37-26-15-14-17-31(37)29-39(32-18-6-2-7-19-32)33-20-8-3-9-21-33;1-2-4-5-3-1;/h2-3,6-9,14-21,26-28,30,34-35H,4-5,10-13,22-25,29H2,1H3;1-5H;/q;;+2/t30-;;/m1../s1. The smallest absolute Gasteiger partial charge is 0.0968 e. The molecule has 46 heavy (non-hydrogen) atoms. The molecule has 1 atom stereocenters. The summed E-state index contributed by atoms with van der Waals surface area (Å²) in [6, 6.07) is 31.8. The summed E-state index contributed by atoms with van der Waals surface area (Å²) in [5.74, 6) is 3.15. The summed E-state index contributed by atoms with van der Waals surface area (Å²) in [4.78, 5) is 0. The molecule has 0 amide bonds. The second-order valence-corrected chi connectivity index (χ2v) is 18.3. The number of benzene rings is 3. The molecule has 0 N–H and O–H groups in total. The van der Waals surface area contributed by atoms with Crippen LogP contribution in [0.2, 0.25) is 0 Å². The molecule has 7 rings (SSSR count). The zero-order valence-electron chi connectivity index (χ0n) is 27.5. The van der Waals surface area contributed by atoms with Crippen LogP contribution in [-0.2, 0) is 23.2 Å². The Labute approximate surface area is 295 Å². The van der Waals surface area contributed by atoms with Gasteiger partial charge in [0, 0.05) is 12.1 Å². The van der Waals surface area contributed by atoms with Gasteiger partial charge in [-0.1, -0.05) is 138 Å². The van der Waals surface area contributed by atoms with Crippen LogP contribution in [0.3, 0.4) is 0 Å². The van der Waals surface area contributed by atoms with E-state index in [-0.39, 0.29) is 25.0 Å². The largest absolute Gasteiger partial charge is 2.00 e. The van der Waals surface area contributed by atoms with E-state index in [4.69, 9.17) is 0 Å². The summed E-state index contributed by atoms with van der Waals surface area (Å²) in [6.45, 7) is 2.62. The molecule has 4 saturated carbocycles. The fourth-order valence-electron chi connectivity index (χ4n) is 7.85. The van der Waals surface area contributed by atoms with Crippen molar-refractivity contribution >= 4 is 26.5 Å². The molecule has 4 aliphatic rings. The first-order valence-electron chi connectivity index (χ1n) is 17.5. The molecule has 0 spiro atoms. The van der Waals surface area contributed by atoms with Crippen LogP contribution >= 0.6 is 15.8 Å². The summed E-state index contributed by atoms with van der Waals surface area (Å²) in [7, 11) is -0.483. The average molecular weight is 685 g/mol. The van der Waals surface area contributed by atoms with Crippen LogP contribution in [0.1, 0.15) is 82.3 Å². The van der Waals surface area contributed by atoms with E-state index in [2.05, 4.69) is 111 Å². The van der Waals surface area contributed by atoms with E-state index in [1.54, 1.807) is 5.92 Å². The van der Waals surface area contributed by atoms with Crippen molar-refractivity contribution in [2.24, 2.45) is 0 Å². The topological polar surface area (TPSA) is 0 Å². The minimum atomic E-state index is -0.473. The molecule has 0 nitrogen and oxygen atoms in total. The quantitative estimate of drug-likeness (QED) is 0.155. The van der Waals surface area contributed by atoms with Gasteiger partial charge in [0.25, 0.3) is 0 Å². The third-order valence-corrected chi connectivity index (χ3v) is 16.5. The van der Waals surface area contributed by atoms with Gasteiger partial charge in [-0.25, -0.2) is 0 Å². The Morgan fingerprint density at radius 1 is 0.565 bits per heavy atom. The van der Waals surface area contributed by atoms with Crippen LogP contribution in [0.4, 0.5) is 0 Å². The molecule has 0 unspecified atom stereocenters. The normalized spacial score (nSPS) is 20.8. The van der Waals surface area contributed by atoms with Crippen LogP contribution in [0.15, 0.2) is 84.9 Å². The fraction of sp³-hybridized carbons (Fsp3) is 0.349. The monoisotopic (exact) mass is 684 g/mol. The molecule has 4 aliphatic carbocycles. The minimum Gasteiger partial charge on any atom is -0.0968 e. The maximum atomic E-state index is 2.62. The van der Waals surface area contributed by atoms with Gasteiger partial charge in [-0.15, -0.1) is 0 Å². The van der Waals surface area contributed by atoms with Crippen LogP contribution < -0.4 is 10.6 Å². The molecule has 3 aromatic carbocycles. The van der Waals surface area contributed by atoms with Crippen molar-refractivity contribution in [3.8, 4) is 0 Å². The predicted octanol–water partition coefficient (Wildman–Crippen LogP) is 11.0. The summed E-state index contributed by atoms with van der Waals surface area (Å²) < 4.78 is 0. The van der Waals surface area contributed by atoms with Gasteiger partial charge in [0.1, 0.15) is 0 Å². The third-order valence-electron chi connectivity index (χ3n) is 10.1. The molecular formula is C43H50FeP2+2. The molecule has 10 radical (unpaired) electrons. The maximum absolute atomic E-state index is 2.62. The maximum Gasteiger partial charge on any atom is 2.00 e. The Morgan fingerprint density at radius 2 is 1.04 bits per heavy atom. The molecule has 4 fully saturated rings. The summed E-state index contributed by atoms with van der Waals surface area (Å²) in [5, 5.41) is 2.93. The molecular weight excluding hydrogens is 634 g/mol. The molecule has 0 bridgehead atoms. The molecule has 0 heterocycles. The first-order valence-corrected chi connectivity index (χ1v) is 20.5. The molecule has 238 valence electrons. The SMILES string of the molecule is C[C@H]([C]1[CH][CH][CH][C]1c1ccccc1CP(c1ccccc1)c1ccccc1)P(C1CCCCC1)C1CCCCC1.[CH]1[CH][CH][CH][CH]1.[Fe+2]. The minimum absolute atomic E-state index is 0.